The number of likely N-dealkylation sites (tertiary alicyclic amines) is 1. The molecule has 2 heterocycles. The van der Waals surface area contributed by atoms with Gasteiger partial charge in [-0.1, -0.05) is 18.2 Å². The molecule has 3 rings (SSSR count). The molecule has 0 aliphatic carbocycles. The second-order valence-corrected chi connectivity index (χ2v) is 8.84. The Kier molecular flexibility index (Phi) is 5.95. The third-order valence-electron chi connectivity index (χ3n) is 4.84. The van der Waals surface area contributed by atoms with E-state index in [0.717, 1.165) is 12.8 Å². The Bertz CT molecular complexity index is 949. The van der Waals surface area contributed by atoms with Gasteiger partial charge in [-0.2, -0.15) is 4.31 Å². The monoisotopic (exact) mass is 403 g/mol. The van der Waals surface area contributed by atoms with Gasteiger partial charge in [-0.05, 0) is 25.0 Å². The number of aromatic nitrogens is 2. The number of benzene rings is 1. The van der Waals surface area contributed by atoms with Gasteiger partial charge < -0.3 is 10.2 Å². The fourth-order valence-electron chi connectivity index (χ4n) is 3.37. The quantitative estimate of drug-likeness (QED) is 0.793. The fourth-order valence-corrected chi connectivity index (χ4v) is 4.54. The molecule has 1 aromatic heterocycles. The van der Waals surface area contributed by atoms with Gasteiger partial charge in [0.25, 0.3) is 0 Å². The Morgan fingerprint density at radius 2 is 2.00 bits per heavy atom. The van der Waals surface area contributed by atoms with Crippen molar-refractivity contribution in [2.45, 2.75) is 37.2 Å². The number of nitrogens with one attached hydrogen (secondary N) is 1. The summed E-state index contributed by atoms with van der Waals surface area (Å²) in [5.41, 5.74) is 0.576. The number of nitrogens with zero attached hydrogens (tertiary/aromatic N) is 4. The van der Waals surface area contributed by atoms with Crippen LogP contribution < -0.4 is 5.32 Å². The van der Waals surface area contributed by atoms with E-state index in [1.165, 1.54) is 11.4 Å². The SMILES string of the molecule is CNc1cc(CN(C)S(=O)(=O)c2ccccc2)nc(C2CCCN2C(C)=O)n1. The normalized spacial score (nSPS) is 17.1. The van der Waals surface area contributed by atoms with Crippen LogP contribution in [0.15, 0.2) is 41.3 Å². The van der Waals surface area contributed by atoms with E-state index in [2.05, 4.69) is 15.3 Å². The molecule has 1 atom stereocenters. The molecule has 0 bridgehead atoms. The Morgan fingerprint density at radius 3 is 2.64 bits per heavy atom. The maximum Gasteiger partial charge on any atom is 0.243 e. The topological polar surface area (TPSA) is 95.5 Å². The molecule has 2 aromatic rings. The lowest BCUT2D eigenvalue weighted by atomic mass is 10.2. The lowest BCUT2D eigenvalue weighted by molar-refractivity contribution is -0.129. The average Bonchev–Trinajstić information content (AvgIpc) is 3.18. The highest BCUT2D eigenvalue weighted by molar-refractivity contribution is 7.89. The van der Waals surface area contributed by atoms with Crippen LogP contribution in [0, 0.1) is 0 Å². The molecule has 1 aliphatic rings. The summed E-state index contributed by atoms with van der Waals surface area (Å²) in [6.07, 6.45) is 1.69. The molecule has 1 unspecified atom stereocenters. The maximum atomic E-state index is 12.8. The zero-order valence-electron chi connectivity index (χ0n) is 16.3. The van der Waals surface area contributed by atoms with Crippen molar-refractivity contribution in [3.05, 3.63) is 47.9 Å². The second kappa shape index (κ2) is 8.24. The predicted octanol–water partition coefficient (Wildman–Crippen LogP) is 2.02. The van der Waals surface area contributed by atoms with E-state index in [0.29, 0.717) is 23.9 Å². The molecule has 1 N–H and O–H groups in total. The van der Waals surface area contributed by atoms with Gasteiger partial charge in [0, 0.05) is 33.6 Å². The first-order valence-corrected chi connectivity index (χ1v) is 10.6. The van der Waals surface area contributed by atoms with Gasteiger partial charge in [0.05, 0.1) is 23.2 Å². The molecule has 9 heteroatoms. The number of amides is 1. The first-order chi connectivity index (χ1) is 13.3. The molecule has 28 heavy (non-hydrogen) atoms. The molecule has 1 fully saturated rings. The number of carbonyl (C=O) groups is 1. The first-order valence-electron chi connectivity index (χ1n) is 9.17. The van der Waals surface area contributed by atoms with Crippen LogP contribution in [0.25, 0.3) is 0 Å². The van der Waals surface area contributed by atoms with Crippen molar-refractivity contribution in [2.24, 2.45) is 0 Å². The summed E-state index contributed by atoms with van der Waals surface area (Å²) in [5, 5.41) is 3.00. The third kappa shape index (κ3) is 4.15. The van der Waals surface area contributed by atoms with E-state index >= 15 is 0 Å². The average molecular weight is 404 g/mol. The van der Waals surface area contributed by atoms with Crippen molar-refractivity contribution >= 4 is 21.7 Å². The lowest BCUT2D eigenvalue weighted by Gasteiger charge is -2.23. The van der Waals surface area contributed by atoms with Gasteiger partial charge in [-0.25, -0.2) is 18.4 Å². The predicted molar refractivity (Wildman–Crippen MR) is 106 cm³/mol. The summed E-state index contributed by atoms with van der Waals surface area (Å²) >= 11 is 0. The van der Waals surface area contributed by atoms with Crippen LogP contribution in [0.4, 0.5) is 5.82 Å². The molecule has 1 saturated heterocycles. The van der Waals surface area contributed by atoms with Gasteiger partial charge in [-0.15, -0.1) is 0 Å². The number of hydrogen-bond donors (Lipinski definition) is 1. The minimum Gasteiger partial charge on any atom is -0.373 e. The Labute approximate surface area is 165 Å². The second-order valence-electron chi connectivity index (χ2n) is 6.80. The molecule has 8 nitrogen and oxygen atoms in total. The number of hydrogen-bond acceptors (Lipinski definition) is 6. The van der Waals surface area contributed by atoms with Gasteiger partial charge in [0.2, 0.25) is 15.9 Å². The minimum atomic E-state index is -3.62. The van der Waals surface area contributed by atoms with Crippen LogP contribution >= 0.6 is 0 Å². The summed E-state index contributed by atoms with van der Waals surface area (Å²) in [4.78, 5) is 23.0. The summed E-state index contributed by atoms with van der Waals surface area (Å²) in [6, 6.07) is 9.85. The molecule has 0 saturated carbocycles. The first kappa shape index (κ1) is 20.2. The molecule has 1 aliphatic heterocycles. The van der Waals surface area contributed by atoms with Crippen LogP contribution in [0.2, 0.25) is 0 Å². The van der Waals surface area contributed by atoms with Crippen molar-refractivity contribution in [1.29, 1.82) is 0 Å². The van der Waals surface area contributed by atoms with Gasteiger partial charge in [0.1, 0.15) is 5.82 Å². The van der Waals surface area contributed by atoms with Crippen molar-refractivity contribution in [3.8, 4) is 0 Å². The smallest absolute Gasteiger partial charge is 0.243 e. The van der Waals surface area contributed by atoms with Gasteiger partial charge in [0.15, 0.2) is 5.82 Å². The fraction of sp³-hybridized carbons (Fsp3) is 0.421. The van der Waals surface area contributed by atoms with Crippen molar-refractivity contribution in [1.82, 2.24) is 19.2 Å². The van der Waals surface area contributed by atoms with E-state index in [1.54, 1.807) is 55.3 Å². The minimum absolute atomic E-state index is 0.00807. The maximum absolute atomic E-state index is 12.8. The van der Waals surface area contributed by atoms with Gasteiger partial charge >= 0.3 is 0 Å². The van der Waals surface area contributed by atoms with E-state index in [1.807, 2.05) is 0 Å². The highest BCUT2D eigenvalue weighted by Crippen LogP contribution is 2.30. The van der Waals surface area contributed by atoms with Gasteiger partial charge in [-0.3, -0.25) is 4.79 Å². The van der Waals surface area contributed by atoms with Crippen LogP contribution in [0.1, 0.15) is 37.3 Å². The molecule has 0 spiro atoms. The third-order valence-corrected chi connectivity index (χ3v) is 6.66. The van der Waals surface area contributed by atoms with E-state index in [9.17, 15) is 13.2 Å². The zero-order valence-corrected chi connectivity index (χ0v) is 17.1. The highest BCUT2D eigenvalue weighted by Gasteiger charge is 2.31. The summed E-state index contributed by atoms with van der Waals surface area (Å²) in [6.45, 7) is 2.33. The summed E-state index contributed by atoms with van der Waals surface area (Å²) < 4.78 is 26.8. The van der Waals surface area contributed by atoms with Crippen molar-refractivity contribution in [2.75, 3.05) is 26.0 Å². The molecular formula is C19H25N5O3S. The van der Waals surface area contributed by atoms with Crippen LogP contribution in [-0.4, -0.2) is 54.1 Å². The highest BCUT2D eigenvalue weighted by atomic mass is 32.2. The van der Waals surface area contributed by atoms with Crippen LogP contribution in [-0.2, 0) is 21.4 Å². The molecule has 0 radical (unpaired) electrons. The van der Waals surface area contributed by atoms with E-state index in [4.69, 9.17) is 0 Å². The van der Waals surface area contributed by atoms with E-state index < -0.39 is 10.0 Å². The van der Waals surface area contributed by atoms with E-state index in [-0.39, 0.29) is 23.4 Å². The van der Waals surface area contributed by atoms with Crippen molar-refractivity contribution < 1.29 is 13.2 Å². The summed E-state index contributed by atoms with van der Waals surface area (Å²) in [5.74, 6) is 1.13. The largest absolute Gasteiger partial charge is 0.373 e. The van der Waals surface area contributed by atoms with Crippen LogP contribution in [0.5, 0.6) is 0 Å². The van der Waals surface area contributed by atoms with Crippen molar-refractivity contribution in [3.63, 3.8) is 0 Å². The number of carbonyl (C=O) groups excluding carboxylic acids is 1. The summed E-state index contributed by atoms with van der Waals surface area (Å²) in [7, 11) is -0.349. The number of sulfonamides is 1. The number of anilines is 1. The Morgan fingerprint density at radius 1 is 1.29 bits per heavy atom. The molecule has 150 valence electrons. The Hall–Kier alpha value is -2.52. The Balaban J connectivity index is 1.89. The lowest BCUT2D eigenvalue weighted by Crippen LogP contribution is -2.30. The molecule has 1 amide bonds. The standard InChI is InChI=1S/C19H25N5O3S/c1-14(25)24-11-7-10-17(24)19-21-15(12-18(20-2)22-19)13-23(3)28(26,27)16-8-5-4-6-9-16/h4-6,8-9,12,17H,7,10-11,13H2,1-3H3,(H,20,21,22). The number of rotatable bonds is 6. The molecule has 1 aromatic carbocycles. The molecular weight excluding hydrogens is 378 g/mol. The zero-order chi connectivity index (χ0) is 20.3. The van der Waals surface area contributed by atoms with Crippen LogP contribution in [0.3, 0.4) is 0 Å².